The number of rotatable bonds is 4. The standard InChI is InChI=1S/C9H19BO4/c1-2-3-13-8-4-6(11)9(12)7(5-10)14-8/h6-9,11-12H,2-5,10H2,1H3. The number of aliphatic hydroxyl groups excluding tert-OH is 2. The Morgan fingerprint density at radius 3 is 2.79 bits per heavy atom. The lowest BCUT2D eigenvalue weighted by molar-refractivity contribution is -0.245. The average Bonchev–Trinajstić information content (AvgIpc) is 2.19. The molecule has 0 aliphatic carbocycles. The maximum atomic E-state index is 9.55. The highest BCUT2D eigenvalue weighted by Crippen LogP contribution is 2.22. The summed E-state index contributed by atoms with van der Waals surface area (Å²) in [7, 11) is 1.92. The molecular weight excluding hydrogens is 183 g/mol. The van der Waals surface area contributed by atoms with Crippen LogP contribution in [0.2, 0.25) is 6.32 Å². The normalized spacial score (nSPS) is 38.5. The van der Waals surface area contributed by atoms with Crippen LogP contribution in [-0.2, 0) is 9.47 Å². The molecule has 4 atom stereocenters. The van der Waals surface area contributed by atoms with Crippen LogP contribution in [0.5, 0.6) is 0 Å². The van der Waals surface area contributed by atoms with E-state index in [0.717, 1.165) is 6.42 Å². The zero-order valence-electron chi connectivity index (χ0n) is 8.85. The van der Waals surface area contributed by atoms with Gasteiger partial charge in [0, 0.05) is 13.0 Å². The fourth-order valence-corrected chi connectivity index (χ4v) is 1.61. The monoisotopic (exact) mass is 202 g/mol. The fraction of sp³-hybridized carbons (Fsp3) is 1.00. The van der Waals surface area contributed by atoms with Gasteiger partial charge < -0.3 is 19.7 Å². The first-order valence-electron chi connectivity index (χ1n) is 5.32. The zero-order chi connectivity index (χ0) is 10.6. The Balaban J connectivity index is 2.41. The van der Waals surface area contributed by atoms with Gasteiger partial charge in [0.25, 0.3) is 0 Å². The minimum absolute atomic E-state index is 0.305. The fourth-order valence-electron chi connectivity index (χ4n) is 1.61. The Kier molecular flexibility index (Phi) is 4.88. The molecule has 1 saturated heterocycles. The molecule has 0 aromatic rings. The molecular formula is C9H19BO4. The molecule has 4 nitrogen and oxygen atoms in total. The topological polar surface area (TPSA) is 58.9 Å². The molecule has 1 rings (SSSR count). The van der Waals surface area contributed by atoms with E-state index in [1.807, 2.05) is 14.8 Å². The number of aliphatic hydroxyl groups is 2. The summed E-state index contributed by atoms with van der Waals surface area (Å²) in [5, 5.41) is 19.1. The van der Waals surface area contributed by atoms with Crippen LogP contribution in [0.1, 0.15) is 19.8 Å². The molecule has 1 heterocycles. The van der Waals surface area contributed by atoms with E-state index in [0.29, 0.717) is 19.3 Å². The largest absolute Gasteiger partial charge is 0.390 e. The molecule has 82 valence electrons. The summed E-state index contributed by atoms with van der Waals surface area (Å²) in [6.07, 6.45) is -0.201. The van der Waals surface area contributed by atoms with E-state index in [4.69, 9.17) is 9.47 Å². The smallest absolute Gasteiger partial charge is 0.160 e. The minimum Gasteiger partial charge on any atom is -0.390 e. The number of hydrogen-bond acceptors (Lipinski definition) is 4. The van der Waals surface area contributed by atoms with E-state index in [9.17, 15) is 10.2 Å². The molecule has 0 aromatic carbocycles. The summed E-state index contributed by atoms with van der Waals surface area (Å²) < 4.78 is 10.9. The number of ether oxygens (including phenoxy) is 2. The summed E-state index contributed by atoms with van der Waals surface area (Å²) in [5.74, 6) is 0. The first kappa shape index (κ1) is 12.0. The van der Waals surface area contributed by atoms with Crippen molar-refractivity contribution in [3.8, 4) is 0 Å². The minimum atomic E-state index is -0.776. The molecule has 2 N–H and O–H groups in total. The maximum Gasteiger partial charge on any atom is 0.160 e. The summed E-state index contributed by atoms with van der Waals surface area (Å²) >= 11 is 0. The van der Waals surface area contributed by atoms with Crippen LogP contribution in [0.15, 0.2) is 0 Å². The van der Waals surface area contributed by atoms with Crippen LogP contribution in [-0.4, -0.2) is 49.3 Å². The van der Waals surface area contributed by atoms with Crippen molar-refractivity contribution < 1.29 is 19.7 Å². The molecule has 1 aliphatic rings. The van der Waals surface area contributed by atoms with Crippen molar-refractivity contribution in [1.29, 1.82) is 0 Å². The van der Waals surface area contributed by atoms with Gasteiger partial charge in [0.1, 0.15) is 14.0 Å². The van der Waals surface area contributed by atoms with Crippen molar-refractivity contribution in [3.05, 3.63) is 0 Å². The Bertz CT molecular complexity index is 167. The first-order chi connectivity index (χ1) is 6.69. The van der Waals surface area contributed by atoms with Crippen LogP contribution in [0.25, 0.3) is 0 Å². The van der Waals surface area contributed by atoms with Gasteiger partial charge in [0.05, 0.1) is 12.2 Å². The van der Waals surface area contributed by atoms with Gasteiger partial charge in [-0.05, 0) is 6.42 Å². The molecule has 0 aromatic heterocycles. The van der Waals surface area contributed by atoms with Gasteiger partial charge in [-0.2, -0.15) is 0 Å². The van der Waals surface area contributed by atoms with E-state index in [2.05, 4.69) is 0 Å². The summed E-state index contributed by atoms with van der Waals surface area (Å²) in [6, 6.07) is 0. The SMILES string of the molecule is BCC1OC(OCCC)CC(O)C1O. The zero-order valence-corrected chi connectivity index (χ0v) is 8.85. The average molecular weight is 202 g/mol. The maximum absolute atomic E-state index is 9.55. The highest BCUT2D eigenvalue weighted by molar-refractivity contribution is 6.08. The predicted molar refractivity (Wildman–Crippen MR) is 54.9 cm³/mol. The van der Waals surface area contributed by atoms with E-state index >= 15 is 0 Å². The van der Waals surface area contributed by atoms with Gasteiger partial charge in [0.15, 0.2) is 6.29 Å². The van der Waals surface area contributed by atoms with E-state index in [1.54, 1.807) is 0 Å². The third kappa shape index (κ3) is 2.95. The van der Waals surface area contributed by atoms with Crippen molar-refractivity contribution in [2.75, 3.05) is 6.61 Å². The lowest BCUT2D eigenvalue weighted by atomic mass is 9.90. The molecule has 0 saturated carbocycles. The highest BCUT2D eigenvalue weighted by Gasteiger charge is 2.35. The van der Waals surface area contributed by atoms with Gasteiger partial charge in [-0.25, -0.2) is 0 Å². The van der Waals surface area contributed by atoms with Crippen LogP contribution in [0, 0.1) is 0 Å². The van der Waals surface area contributed by atoms with Crippen molar-refractivity contribution in [2.24, 2.45) is 0 Å². The van der Waals surface area contributed by atoms with E-state index < -0.39 is 12.2 Å². The van der Waals surface area contributed by atoms with E-state index in [1.165, 1.54) is 0 Å². The Hall–Kier alpha value is -0.0951. The first-order valence-corrected chi connectivity index (χ1v) is 5.32. The summed E-state index contributed by atoms with van der Waals surface area (Å²) in [4.78, 5) is 0. The van der Waals surface area contributed by atoms with Crippen LogP contribution in [0.3, 0.4) is 0 Å². The lowest BCUT2D eigenvalue weighted by Gasteiger charge is -2.36. The third-order valence-electron chi connectivity index (χ3n) is 2.45. The van der Waals surface area contributed by atoms with Gasteiger partial charge in [-0.3, -0.25) is 0 Å². The molecule has 5 heteroatoms. The van der Waals surface area contributed by atoms with Gasteiger partial charge >= 0.3 is 0 Å². The second-order valence-electron chi connectivity index (χ2n) is 3.68. The van der Waals surface area contributed by atoms with E-state index in [-0.39, 0.29) is 12.4 Å². The third-order valence-corrected chi connectivity index (χ3v) is 2.45. The predicted octanol–water partition coefficient (Wildman–Crippen LogP) is -0.699. The van der Waals surface area contributed by atoms with Crippen molar-refractivity contribution in [1.82, 2.24) is 0 Å². The molecule has 0 spiro atoms. The van der Waals surface area contributed by atoms with Crippen molar-refractivity contribution in [3.63, 3.8) is 0 Å². The van der Waals surface area contributed by atoms with Gasteiger partial charge in [0.2, 0.25) is 0 Å². The van der Waals surface area contributed by atoms with Gasteiger partial charge in [-0.15, -0.1) is 0 Å². The molecule has 1 fully saturated rings. The Labute approximate surface area is 85.6 Å². The molecule has 4 unspecified atom stereocenters. The molecule has 1 aliphatic heterocycles. The van der Waals surface area contributed by atoms with Crippen molar-refractivity contribution in [2.45, 2.75) is 50.7 Å². The number of hydrogen-bond donors (Lipinski definition) is 2. The summed E-state index contributed by atoms with van der Waals surface area (Å²) in [5.41, 5.74) is 0. The molecule has 14 heavy (non-hydrogen) atoms. The quantitative estimate of drug-likeness (QED) is 0.592. The molecule has 0 radical (unpaired) electrons. The summed E-state index contributed by atoms with van der Waals surface area (Å²) in [6.45, 7) is 2.65. The lowest BCUT2D eigenvalue weighted by Crippen LogP contribution is -2.48. The highest BCUT2D eigenvalue weighted by atomic mass is 16.7. The van der Waals surface area contributed by atoms with Crippen molar-refractivity contribution >= 4 is 7.85 Å². The van der Waals surface area contributed by atoms with Crippen LogP contribution >= 0.6 is 0 Å². The van der Waals surface area contributed by atoms with Crippen LogP contribution < -0.4 is 0 Å². The second kappa shape index (κ2) is 5.71. The molecule has 0 amide bonds. The Morgan fingerprint density at radius 1 is 1.50 bits per heavy atom. The molecule has 0 bridgehead atoms. The Morgan fingerprint density at radius 2 is 2.21 bits per heavy atom. The van der Waals surface area contributed by atoms with Gasteiger partial charge in [-0.1, -0.05) is 13.2 Å². The second-order valence-corrected chi connectivity index (χ2v) is 3.68. The van der Waals surface area contributed by atoms with Crippen LogP contribution in [0.4, 0.5) is 0 Å².